The second kappa shape index (κ2) is 11.1. The molecule has 0 spiro atoms. The monoisotopic (exact) mass is 420 g/mol. The molecule has 166 valence electrons. The van der Waals surface area contributed by atoms with Crippen molar-refractivity contribution >= 4 is 17.2 Å². The summed E-state index contributed by atoms with van der Waals surface area (Å²) in [6.07, 6.45) is 6.44. The van der Waals surface area contributed by atoms with E-state index in [1.165, 1.54) is 29.5 Å². The third-order valence-electron chi connectivity index (χ3n) is 6.30. The van der Waals surface area contributed by atoms with E-state index in [1.54, 1.807) is 7.11 Å². The number of carbonyl (C=O) groups excluding carboxylic acids is 1. The van der Waals surface area contributed by atoms with E-state index >= 15 is 0 Å². The van der Waals surface area contributed by atoms with Crippen LogP contribution in [-0.2, 0) is 6.54 Å². The fourth-order valence-corrected chi connectivity index (χ4v) is 4.78. The van der Waals surface area contributed by atoms with Crippen molar-refractivity contribution < 1.29 is 9.53 Å². The first-order valence-electron chi connectivity index (χ1n) is 11.6. The van der Waals surface area contributed by atoms with Crippen LogP contribution in [0.5, 0.6) is 5.75 Å². The van der Waals surface area contributed by atoms with Crippen molar-refractivity contribution in [1.82, 2.24) is 9.47 Å². The minimum Gasteiger partial charge on any atom is -0.496 e. The molecule has 0 amide bonds. The first-order chi connectivity index (χ1) is 15.2. The molecule has 1 saturated heterocycles. The number of piperidine rings is 1. The number of aryl methyl sites for hydroxylation is 2. The summed E-state index contributed by atoms with van der Waals surface area (Å²) in [5.74, 6) is 1.61. The molecule has 0 atom stereocenters. The normalized spacial score (nSPS) is 14.8. The molecule has 3 aromatic rings. The number of ether oxygens (including phenoxy) is 1. The van der Waals surface area contributed by atoms with E-state index in [1.807, 2.05) is 38.2 Å². The largest absolute Gasteiger partial charge is 0.496 e. The lowest BCUT2D eigenvalue weighted by Crippen LogP contribution is -2.34. The van der Waals surface area contributed by atoms with Crippen LogP contribution in [0.15, 0.2) is 48.7 Å². The molecule has 31 heavy (non-hydrogen) atoms. The number of fused-ring (bicyclic) bond motifs is 1. The van der Waals surface area contributed by atoms with Crippen molar-refractivity contribution in [2.75, 3.05) is 26.7 Å². The van der Waals surface area contributed by atoms with Crippen LogP contribution in [0.3, 0.4) is 0 Å². The fraction of sp³-hybridized carbons (Fsp3) is 0.444. The predicted molar refractivity (Wildman–Crippen MR) is 129 cm³/mol. The number of likely N-dealkylation sites (tertiary alicyclic amines) is 1. The van der Waals surface area contributed by atoms with Crippen molar-refractivity contribution in [2.24, 2.45) is 0 Å². The summed E-state index contributed by atoms with van der Waals surface area (Å²) in [6.45, 7) is 10.4. The molecule has 4 rings (SSSR count). The van der Waals surface area contributed by atoms with Crippen LogP contribution in [0.1, 0.15) is 60.5 Å². The number of rotatable bonds is 7. The second-order valence-electron chi connectivity index (χ2n) is 8.08. The van der Waals surface area contributed by atoms with Crippen LogP contribution in [0, 0.1) is 6.92 Å². The smallest absolute Gasteiger partial charge is 0.152 e. The van der Waals surface area contributed by atoms with Crippen LogP contribution in [0.25, 0.3) is 10.9 Å². The number of para-hydroxylation sites is 2. The summed E-state index contributed by atoms with van der Waals surface area (Å²) in [5.41, 5.74) is 4.57. The molecule has 4 heteroatoms. The molecule has 2 aromatic carbocycles. The molecular formula is C27H36N2O2. The molecule has 1 aromatic heterocycles. The van der Waals surface area contributed by atoms with Gasteiger partial charge in [-0.25, -0.2) is 0 Å². The molecule has 2 heterocycles. The highest BCUT2D eigenvalue weighted by molar-refractivity contribution is 5.98. The standard InChI is InChI=1S/C25H30N2O2.C2H6/c1-19-7-5-9-23-21(18-28)17-27(25(19)23)14-6-13-26-15-11-20(12-16-26)22-8-3-4-10-24(22)29-2;1-2/h3-5,7-10,17-18,20H,6,11-16H2,1-2H3;1-2H3. The number of hydrogen-bond acceptors (Lipinski definition) is 3. The number of aldehydes is 1. The minimum atomic E-state index is 0.591. The summed E-state index contributed by atoms with van der Waals surface area (Å²) < 4.78 is 7.81. The second-order valence-corrected chi connectivity index (χ2v) is 8.08. The molecule has 0 radical (unpaired) electrons. The van der Waals surface area contributed by atoms with Gasteiger partial charge in [-0.05, 0) is 68.9 Å². The molecule has 4 nitrogen and oxygen atoms in total. The molecule has 0 bridgehead atoms. The van der Waals surface area contributed by atoms with Gasteiger partial charge in [-0.2, -0.15) is 0 Å². The Morgan fingerprint density at radius 2 is 1.77 bits per heavy atom. The molecule has 1 fully saturated rings. The Hall–Kier alpha value is -2.59. The first kappa shape index (κ1) is 23.1. The lowest BCUT2D eigenvalue weighted by Gasteiger charge is -2.32. The zero-order valence-corrected chi connectivity index (χ0v) is 19.4. The van der Waals surface area contributed by atoms with Gasteiger partial charge < -0.3 is 14.2 Å². The van der Waals surface area contributed by atoms with E-state index in [2.05, 4.69) is 40.7 Å². The van der Waals surface area contributed by atoms with Gasteiger partial charge in [-0.1, -0.05) is 50.2 Å². The number of benzene rings is 2. The number of aromatic nitrogens is 1. The van der Waals surface area contributed by atoms with Gasteiger partial charge in [0.2, 0.25) is 0 Å². The fourth-order valence-electron chi connectivity index (χ4n) is 4.78. The molecule has 1 aliphatic rings. The van der Waals surface area contributed by atoms with Crippen molar-refractivity contribution in [3.8, 4) is 5.75 Å². The summed E-state index contributed by atoms with van der Waals surface area (Å²) in [6, 6.07) is 14.6. The summed E-state index contributed by atoms with van der Waals surface area (Å²) in [7, 11) is 1.76. The van der Waals surface area contributed by atoms with Gasteiger partial charge in [-0.15, -0.1) is 0 Å². The Kier molecular flexibility index (Phi) is 8.30. The zero-order chi connectivity index (χ0) is 22.2. The van der Waals surface area contributed by atoms with Gasteiger partial charge in [0.05, 0.1) is 12.6 Å². The average molecular weight is 421 g/mol. The van der Waals surface area contributed by atoms with Crippen molar-refractivity contribution in [2.45, 2.75) is 52.5 Å². The summed E-state index contributed by atoms with van der Waals surface area (Å²) in [4.78, 5) is 14.0. The Bertz CT molecular complexity index is 984. The molecule has 0 aliphatic carbocycles. The van der Waals surface area contributed by atoms with Crippen molar-refractivity contribution in [1.29, 1.82) is 0 Å². The van der Waals surface area contributed by atoms with Crippen LogP contribution < -0.4 is 4.74 Å². The van der Waals surface area contributed by atoms with Crippen LogP contribution >= 0.6 is 0 Å². The number of methoxy groups -OCH3 is 1. The topological polar surface area (TPSA) is 34.5 Å². The predicted octanol–water partition coefficient (Wildman–Crippen LogP) is 6.07. The third kappa shape index (κ3) is 5.19. The summed E-state index contributed by atoms with van der Waals surface area (Å²) >= 11 is 0. The minimum absolute atomic E-state index is 0.591. The zero-order valence-electron chi connectivity index (χ0n) is 19.4. The van der Waals surface area contributed by atoms with E-state index in [-0.39, 0.29) is 0 Å². The van der Waals surface area contributed by atoms with Gasteiger partial charge in [0.1, 0.15) is 5.75 Å². The maximum Gasteiger partial charge on any atom is 0.152 e. The van der Waals surface area contributed by atoms with Gasteiger partial charge in [0, 0.05) is 23.7 Å². The van der Waals surface area contributed by atoms with E-state index in [4.69, 9.17) is 4.74 Å². The Morgan fingerprint density at radius 1 is 1.03 bits per heavy atom. The number of hydrogen-bond donors (Lipinski definition) is 0. The first-order valence-corrected chi connectivity index (χ1v) is 11.6. The van der Waals surface area contributed by atoms with E-state index in [0.29, 0.717) is 5.92 Å². The van der Waals surface area contributed by atoms with Gasteiger partial charge >= 0.3 is 0 Å². The molecule has 0 saturated carbocycles. The van der Waals surface area contributed by atoms with E-state index in [0.717, 1.165) is 55.6 Å². The number of nitrogens with zero attached hydrogens (tertiary/aromatic N) is 2. The summed E-state index contributed by atoms with van der Waals surface area (Å²) in [5, 5.41) is 1.07. The highest BCUT2D eigenvalue weighted by atomic mass is 16.5. The lowest BCUT2D eigenvalue weighted by atomic mass is 9.89. The highest BCUT2D eigenvalue weighted by Gasteiger charge is 2.22. The van der Waals surface area contributed by atoms with Crippen LogP contribution in [0.4, 0.5) is 0 Å². The van der Waals surface area contributed by atoms with Gasteiger partial charge in [0.15, 0.2) is 6.29 Å². The lowest BCUT2D eigenvalue weighted by molar-refractivity contribution is 0.112. The molecule has 1 aliphatic heterocycles. The third-order valence-corrected chi connectivity index (χ3v) is 6.30. The maximum absolute atomic E-state index is 11.4. The SMILES string of the molecule is CC.COc1ccccc1C1CCN(CCCn2cc(C=O)c3cccc(C)c32)CC1. The maximum atomic E-state index is 11.4. The highest BCUT2D eigenvalue weighted by Crippen LogP contribution is 2.34. The Balaban J connectivity index is 0.00000132. The molecule has 0 unspecified atom stereocenters. The number of carbonyl (C=O) groups is 1. The van der Waals surface area contributed by atoms with Crippen molar-refractivity contribution in [3.63, 3.8) is 0 Å². The Morgan fingerprint density at radius 3 is 2.48 bits per heavy atom. The van der Waals surface area contributed by atoms with Crippen molar-refractivity contribution in [3.05, 3.63) is 65.4 Å². The van der Waals surface area contributed by atoms with Gasteiger partial charge in [0.25, 0.3) is 0 Å². The molecular weight excluding hydrogens is 384 g/mol. The van der Waals surface area contributed by atoms with Crippen LogP contribution in [0.2, 0.25) is 0 Å². The van der Waals surface area contributed by atoms with Gasteiger partial charge in [-0.3, -0.25) is 4.79 Å². The Labute approximate surface area is 186 Å². The average Bonchev–Trinajstić information content (AvgIpc) is 3.20. The molecule has 0 N–H and O–H groups in total. The van der Waals surface area contributed by atoms with E-state index in [9.17, 15) is 4.79 Å². The quantitative estimate of drug-likeness (QED) is 0.435. The van der Waals surface area contributed by atoms with Crippen LogP contribution in [-0.4, -0.2) is 42.5 Å². The van der Waals surface area contributed by atoms with E-state index < -0.39 is 0 Å².